The average molecular weight is 311 g/mol. The minimum Gasteiger partial charge on any atom is -0.364 e. The van der Waals surface area contributed by atoms with Gasteiger partial charge in [0, 0.05) is 25.7 Å². The maximum atomic E-state index is 12.7. The second-order valence-corrected chi connectivity index (χ2v) is 6.51. The lowest BCUT2D eigenvalue weighted by Crippen LogP contribution is -2.41. The summed E-state index contributed by atoms with van der Waals surface area (Å²) in [6.45, 7) is 5.47. The van der Waals surface area contributed by atoms with Gasteiger partial charge in [-0.25, -0.2) is 4.68 Å². The zero-order valence-electron chi connectivity index (χ0n) is 12.5. The molecule has 1 N–H and O–H groups in total. The zero-order valence-corrected chi connectivity index (χ0v) is 13.3. The van der Waals surface area contributed by atoms with Crippen LogP contribution in [-0.2, 0) is 6.54 Å². The Kier molecular flexibility index (Phi) is 4.50. The van der Waals surface area contributed by atoms with E-state index in [0.29, 0.717) is 22.7 Å². The van der Waals surface area contributed by atoms with E-state index in [9.17, 15) is 4.79 Å². The summed E-state index contributed by atoms with van der Waals surface area (Å²) in [5, 5.41) is 8.14. The fourth-order valence-corrected chi connectivity index (χ4v) is 3.22. The van der Waals surface area contributed by atoms with Gasteiger partial charge >= 0.3 is 0 Å². The summed E-state index contributed by atoms with van der Waals surface area (Å²) in [5.41, 5.74) is 0.567. The zero-order chi connectivity index (χ0) is 14.8. The van der Waals surface area contributed by atoms with Crippen LogP contribution in [0.3, 0.4) is 0 Å². The minimum atomic E-state index is -0.0470. The van der Waals surface area contributed by atoms with Gasteiger partial charge in [0.2, 0.25) is 0 Å². The number of hydrogen-bond acceptors (Lipinski definition) is 4. The highest BCUT2D eigenvalue weighted by molar-refractivity contribution is 6.33. The Morgan fingerprint density at radius 2 is 2.29 bits per heavy atom. The third-order valence-corrected chi connectivity index (χ3v) is 4.68. The first kappa shape index (κ1) is 14.9. The van der Waals surface area contributed by atoms with Crippen molar-refractivity contribution < 1.29 is 0 Å². The van der Waals surface area contributed by atoms with Crippen LogP contribution in [0.15, 0.2) is 11.0 Å². The van der Waals surface area contributed by atoms with Crippen molar-refractivity contribution in [3.63, 3.8) is 0 Å². The normalized spacial score (nSPS) is 21.7. The minimum absolute atomic E-state index is 0.0470. The van der Waals surface area contributed by atoms with Crippen LogP contribution in [0, 0.1) is 5.92 Å². The Hall–Kier alpha value is -1.07. The second kappa shape index (κ2) is 6.36. The lowest BCUT2D eigenvalue weighted by atomic mass is 10.2. The number of nitrogens with zero attached hydrogens (tertiary/aromatic N) is 3. The molecule has 1 aliphatic carbocycles. The molecule has 0 aromatic carbocycles. The fraction of sp³-hybridized carbons (Fsp3) is 0.733. The average Bonchev–Trinajstić information content (AvgIpc) is 3.14. The van der Waals surface area contributed by atoms with Gasteiger partial charge in [0.1, 0.15) is 5.69 Å². The number of hydrogen-bond donors (Lipinski definition) is 1. The monoisotopic (exact) mass is 310 g/mol. The van der Waals surface area contributed by atoms with Crippen LogP contribution in [0.5, 0.6) is 0 Å². The van der Waals surface area contributed by atoms with Crippen LogP contribution in [0.25, 0.3) is 0 Å². The molecule has 0 spiro atoms. The Labute approximate surface area is 130 Å². The van der Waals surface area contributed by atoms with Gasteiger partial charge in [0.05, 0.1) is 11.2 Å². The lowest BCUT2D eigenvalue weighted by Gasteiger charge is -2.26. The molecule has 1 saturated heterocycles. The smallest absolute Gasteiger partial charge is 0.291 e. The van der Waals surface area contributed by atoms with Gasteiger partial charge in [-0.3, -0.25) is 4.79 Å². The van der Waals surface area contributed by atoms with Gasteiger partial charge in [-0.05, 0) is 45.1 Å². The van der Waals surface area contributed by atoms with Crippen LogP contribution in [-0.4, -0.2) is 35.5 Å². The molecule has 1 aromatic heterocycles. The third kappa shape index (κ3) is 3.40. The number of aromatic nitrogens is 2. The molecule has 1 aliphatic heterocycles. The fourth-order valence-electron chi connectivity index (χ4n) is 2.98. The van der Waals surface area contributed by atoms with Crippen molar-refractivity contribution in [3.05, 3.63) is 21.6 Å². The van der Waals surface area contributed by atoms with Crippen molar-refractivity contribution in [2.75, 3.05) is 24.5 Å². The Bertz CT molecular complexity index is 549. The number of halogens is 1. The van der Waals surface area contributed by atoms with E-state index >= 15 is 0 Å². The molecule has 5 nitrogen and oxygen atoms in total. The number of anilines is 1. The highest BCUT2D eigenvalue weighted by Crippen LogP contribution is 2.30. The quantitative estimate of drug-likeness (QED) is 0.872. The van der Waals surface area contributed by atoms with E-state index < -0.39 is 0 Å². The van der Waals surface area contributed by atoms with Gasteiger partial charge in [-0.2, -0.15) is 5.10 Å². The topological polar surface area (TPSA) is 50.2 Å². The first-order valence-electron chi connectivity index (χ1n) is 7.93. The van der Waals surface area contributed by atoms with Crippen molar-refractivity contribution in [1.29, 1.82) is 0 Å². The predicted molar refractivity (Wildman–Crippen MR) is 85.1 cm³/mol. The molecule has 1 unspecified atom stereocenters. The Morgan fingerprint density at radius 3 is 2.90 bits per heavy atom. The van der Waals surface area contributed by atoms with Crippen LogP contribution >= 0.6 is 11.6 Å². The number of likely N-dealkylation sites (N-methyl/N-ethyl adjacent to an activating group) is 1. The lowest BCUT2D eigenvalue weighted by molar-refractivity contribution is 0.528. The van der Waals surface area contributed by atoms with E-state index in [2.05, 4.69) is 22.2 Å². The molecule has 1 saturated carbocycles. The van der Waals surface area contributed by atoms with E-state index in [1.165, 1.54) is 19.3 Å². The Morgan fingerprint density at radius 1 is 1.48 bits per heavy atom. The van der Waals surface area contributed by atoms with E-state index in [4.69, 9.17) is 11.6 Å². The molecule has 2 heterocycles. The highest BCUT2D eigenvalue weighted by atomic mass is 35.5. The van der Waals surface area contributed by atoms with Gasteiger partial charge in [-0.1, -0.05) is 11.6 Å². The van der Waals surface area contributed by atoms with Gasteiger partial charge in [0.15, 0.2) is 0 Å². The maximum Gasteiger partial charge on any atom is 0.291 e. The molecular formula is C15H23ClN4O. The molecule has 2 fully saturated rings. The van der Waals surface area contributed by atoms with E-state index in [0.717, 1.165) is 32.6 Å². The number of nitrogens with one attached hydrogen (secondary N) is 1. The molecule has 2 aliphatic rings. The summed E-state index contributed by atoms with van der Waals surface area (Å²) in [6, 6.07) is 0.450. The summed E-state index contributed by atoms with van der Waals surface area (Å²) < 4.78 is 1.59. The summed E-state index contributed by atoms with van der Waals surface area (Å²) in [6.07, 6.45) is 6.39. The van der Waals surface area contributed by atoms with E-state index in [1.54, 1.807) is 10.9 Å². The maximum absolute atomic E-state index is 12.7. The first-order chi connectivity index (χ1) is 10.2. The summed E-state index contributed by atoms with van der Waals surface area (Å²) in [5.74, 6) is 0.621. The van der Waals surface area contributed by atoms with E-state index in [1.807, 2.05) is 0 Å². The van der Waals surface area contributed by atoms with Crippen molar-refractivity contribution in [1.82, 2.24) is 15.1 Å². The molecule has 0 radical (unpaired) electrons. The van der Waals surface area contributed by atoms with Gasteiger partial charge < -0.3 is 10.2 Å². The predicted octanol–water partition coefficient (Wildman–Crippen LogP) is 1.89. The highest BCUT2D eigenvalue weighted by Gasteiger charge is 2.25. The van der Waals surface area contributed by atoms with E-state index in [-0.39, 0.29) is 5.56 Å². The molecule has 1 atom stereocenters. The van der Waals surface area contributed by atoms with Crippen LogP contribution in [0.4, 0.5) is 5.69 Å². The largest absolute Gasteiger partial charge is 0.364 e. The molecular weight excluding hydrogens is 288 g/mol. The third-order valence-electron chi connectivity index (χ3n) is 4.40. The van der Waals surface area contributed by atoms with Gasteiger partial charge in [0.25, 0.3) is 5.56 Å². The molecule has 1 aromatic rings. The molecule has 0 bridgehead atoms. The number of rotatable bonds is 6. The Balaban J connectivity index is 1.84. The first-order valence-corrected chi connectivity index (χ1v) is 8.30. The van der Waals surface area contributed by atoms with Crippen LogP contribution in [0.2, 0.25) is 5.02 Å². The summed E-state index contributed by atoms with van der Waals surface area (Å²) >= 11 is 6.27. The molecule has 116 valence electrons. The SMILES string of the molecule is CCN(CC1CCCN1)c1c(Cl)cnn(CC2CC2)c1=O. The summed E-state index contributed by atoms with van der Waals surface area (Å²) in [4.78, 5) is 14.8. The van der Waals surface area contributed by atoms with Crippen molar-refractivity contribution in [3.8, 4) is 0 Å². The standard InChI is InChI=1S/C15H23ClN4O/c1-2-19(10-12-4-3-7-17-12)14-13(16)8-18-20(15(14)21)9-11-5-6-11/h8,11-12,17H,2-7,9-10H2,1H3. The summed E-state index contributed by atoms with van der Waals surface area (Å²) in [7, 11) is 0. The van der Waals surface area contributed by atoms with Gasteiger partial charge in [-0.15, -0.1) is 0 Å². The van der Waals surface area contributed by atoms with Crippen LogP contribution < -0.4 is 15.8 Å². The van der Waals surface area contributed by atoms with Crippen molar-refractivity contribution >= 4 is 17.3 Å². The van der Waals surface area contributed by atoms with Crippen molar-refractivity contribution in [2.24, 2.45) is 5.92 Å². The van der Waals surface area contributed by atoms with Crippen molar-refractivity contribution in [2.45, 2.75) is 45.2 Å². The molecule has 3 rings (SSSR count). The molecule has 6 heteroatoms. The molecule has 21 heavy (non-hydrogen) atoms. The van der Waals surface area contributed by atoms with Crippen LogP contribution in [0.1, 0.15) is 32.6 Å². The molecule has 0 amide bonds. The second-order valence-electron chi connectivity index (χ2n) is 6.10.